The van der Waals surface area contributed by atoms with Gasteiger partial charge in [0.1, 0.15) is 80.7 Å². The van der Waals surface area contributed by atoms with E-state index in [0.717, 1.165) is 25.4 Å². The third kappa shape index (κ3) is 32.6. The van der Waals surface area contributed by atoms with Crippen molar-refractivity contribution in [3.63, 3.8) is 0 Å². The zero-order valence-corrected chi connectivity index (χ0v) is 58.4. The lowest BCUT2D eigenvalue weighted by atomic mass is 9.92. The fourth-order valence-corrected chi connectivity index (χ4v) is 13.3. The predicted octanol–water partition coefficient (Wildman–Crippen LogP) is 6.33. The van der Waals surface area contributed by atoms with E-state index in [-0.39, 0.29) is 85.8 Å². The van der Waals surface area contributed by atoms with E-state index in [2.05, 4.69) is 34.8 Å². The van der Waals surface area contributed by atoms with Crippen LogP contribution in [0.15, 0.2) is 4.74 Å². The molecule has 3 N–H and O–H groups in total. The number of hydrogen-bond acceptors (Lipinski definition) is 21. The molecule has 4 rings (SSSR count). The minimum absolute atomic E-state index is 0.00217. The van der Waals surface area contributed by atoms with Gasteiger partial charge in [-0.2, -0.15) is 5.26 Å². The number of rotatable bonds is 33. The van der Waals surface area contributed by atoms with Crippen LogP contribution in [-0.4, -0.2) is 275 Å². The molecule has 0 spiro atoms. The van der Waals surface area contributed by atoms with Gasteiger partial charge in [-0.3, -0.25) is 14.3 Å². The largest absolute Gasteiger partial charge is 0.457 e. The molecule has 4 fully saturated rings. The molecule has 30 heteroatoms. The van der Waals surface area contributed by atoms with E-state index in [0.29, 0.717) is 58.1 Å². The second kappa shape index (κ2) is 48.2. The maximum Gasteiger partial charge on any atom is 0.306 e. The Labute approximate surface area is 539 Å². The van der Waals surface area contributed by atoms with Crippen LogP contribution < -0.4 is 5.32 Å². The van der Waals surface area contributed by atoms with E-state index in [1.165, 1.54) is 7.05 Å². The van der Waals surface area contributed by atoms with Gasteiger partial charge in [0.25, 0.3) is 0 Å². The first-order chi connectivity index (χ1) is 41.6. The van der Waals surface area contributed by atoms with Crippen molar-refractivity contribution in [1.29, 1.82) is 5.26 Å². The average Bonchev–Trinajstić information content (AvgIpc) is 4.35. The molecule has 4 aliphatic rings. The Morgan fingerprint density at radius 3 is 1.38 bits per heavy atom. The molecule has 502 valence electrons. The number of aliphatic hydroxyl groups excluding tert-OH is 2. The number of methoxy groups -OCH3 is 4. The van der Waals surface area contributed by atoms with Crippen molar-refractivity contribution in [3.05, 3.63) is 11.4 Å². The number of carbonyl (C=O) groups excluding carboxylic acids is 2. The minimum Gasteiger partial charge on any atom is -0.457 e. The topological polar surface area (TPSA) is 266 Å². The number of esters is 1. The summed E-state index contributed by atoms with van der Waals surface area (Å²) in [5.41, 5.74) is 0.380. The van der Waals surface area contributed by atoms with Gasteiger partial charge >= 0.3 is 5.97 Å². The van der Waals surface area contributed by atoms with Crippen LogP contribution in [0.3, 0.4) is 0 Å². The monoisotopic (exact) mass is 1300 g/mol. The lowest BCUT2D eigenvalue weighted by molar-refractivity contribution is -0.161. The van der Waals surface area contributed by atoms with Gasteiger partial charge in [-0.25, -0.2) is 6.57 Å². The molecule has 0 aromatic carbocycles. The summed E-state index contributed by atoms with van der Waals surface area (Å²) in [5, 5.41) is 30.7. The molecular weight excluding hydrogens is 1200 g/mol. The summed E-state index contributed by atoms with van der Waals surface area (Å²) in [6, 6.07) is 0.105. The summed E-state index contributed by atoms with van der Waals surface area (Å²) in [5.74, 6) is -0.683. The molecule has 10 unspecified atom stereocenters. The molecule has 1 amide bonds. The van der Waals surface area contributed by atoms with Gasteiger partial charge in [-0.1, -0.05) is 52.8 Å². The van der Waals surface area contributed by atoms with Gasteiger partial charge in [0.05, 0.1) is 94.2 Å². The molecule has 0 bridgehead atoms. The van der Waals surface area contributed by atoms with Crippen molar-refractivity contribution < 1.29 is 90.4 Å². The molecule has 0 aromatic heterocycles. The zero-order chi connectivity index (χ0) is 67.3. The molecule has 88 heavy (non-hydrogen) atoms. The maximum absolute atomic E-state index is 12.0. The first-order valence-electron chi connectivity index (χ1n) is 30.6. The van der Waals surface area contributed by atoms with Crippen LogP contribution in [0.5, 0.6) is 0 Å². The Balaban J connectivity index is 0.00000109. The number of aliphatic hydroxyl groups is 2. The van der Waals surface area contributed by atoms with Crippen LogP contribution in [0.1, 0.15) is 128 Å². The summed E-state index contributed by atoms with van der Waals surface area (Å²) in [6.45, 7) is 34.8. The van der Waals surface area contributed by atoms with E-state index in [1.54, 1.807) is 28.4 Å². The number of carbonyl (C=O) groups is 2. The van der Waals surface area contributed by atoms with Crippen LogP contribution >= 0.6 is 26.0 Å². The first kappa shape index (κ1) is 86.5. The highest BCUT2D eigenvalue weighted by atomic mass is 35.7. The molecule has 4 saturated heterocycles. The third-order valence-corrected chi connectivity index (χ3v) is 20.1. The van der Waals surface area contributed by atoms with E-state index < -0.39 is 81.4 Å². The predicted molar refractivity (Wildman–Crippen MR) is 345 cm³/mol. The van der Waals surface area contributed by atoms with Gasteiger partial charge in [-0.05, 0) is 67.2 Å². The maximum atomic E-state index is 12.0. The number of amides is 1. The van der Waals surface area contributed by atoms with Gasteiger partial charge in [0.2, 0.25) is 12.5 Å². The molecule has 4 heterocycles. The van der Waals surface area contributed by atoms with Crippen LogP contribution in [0.25, 0.3) is 4.85 Å². The first-order valence-corrected chi connectivity index (χ1v) is 35.1. The van der Waals surface area contributed by atoms with E-state index in [1.807, 2.05) is 75.9 Å². The zero-order valence-electron chi connectivity index (χ0n) is 55.9. The highest BCUT2D eigenvalue weighted by molar-refractivity contribution is 7.91. The number of nitrogens with zero attached hydrogens (tertiary/aromatic N) is 3. The summed E-state index contributed by atoms with van der Waals surface area (Å²) < 4.78 is 86.6. The second-order valence-electron chi connectivity index (χ2n) is 22.2. The smallest absolute Gasteiger partial charge is 0.306 e. The Morgan fingerprint density at radius 2 is 1.03 bits per heavy atom. The molecular formula is C58H107B4ClN4O19P2. The average molecular weight is 1310 g/mol. The molecule has 23 nitrogen and oxygen atoms in total. The second-order valence-corrected chi connectivity index (χ2v) is 28.4. The fourth-order valence-electron chi connectivity index (χ4n) is 9.45. The molecule has 8 radical (unpaired) electrons. The van der Waals surface area contributed by atoms with E-state index >= 15 is 0 Å². The molecule has 4 aliphatic heterocycles. The van der Waals surface area contributed by atoms with Crippen LogP contribution in [0, 0.1) is 17.9 Å². The Bertz CT molecular complexity index is 1960. The van der Waals surface area contributed by atoms with E-state index in [4.69, 9.17) is 125 Å². The van der Waals surface area contributed by atoms with Crippen molar-refractivity contribution in [3.8, 4) is 6.07 Å². The summed E-state index contributed by atoms with van der Waals surface area (Å²) in [6.07, 6.45) is -2.90. The van der Waals surface area contributed by atoms with E-state index in [9.17, 15) is 19.8 Å². The van der Waals surface area contributed by atoms with Crippen molar-refractivity contribution in [1.82, 2.24) is 5.32 Å². The molecule has 0 aromatic rings. The SMILES string of the molecule is CC(C)N=P(Cl)(CCC#N)C(C)C.[B][C@@H]1O[C@H](CC)C(O)[C@@H]1OC(C)COC.[B][C@@H]1O[C@H](CC)C(O)[C@@H]1OC(C)COC.[B][C@@H]1O[C@H](CC)C(OC(=O)CCC(=O)NC)[C@@H]1OC(C)COC.[B][C@@H]1O[C@H](CC)C(OP(C)OCC[N+]#[C-])[C@@H]1OC(C)COC. The quantitative estimate of drug-likeness (QED) is 0.0213. The number of nitrogens with one attached hydrogen (secondary N) is 1. The van der Waals surface area contributed by atoms with Crippen LogP contribution in [0.2, 0.25) is 0 Å². The van der Waals surface area contributed by atoms with Gasteiger partial charge in [0.15, 0.2) is 14.5 Å². The van der Waals surface area contributed by atoms with Gasteiger partial charge in [-0.15, -0.1) is 0 Å². The number of halogens is 1. The number of ether oxygens (including phenoxy) is 13. The molecule has 0 aliphatic carbocycles. The lowest BCUT2D eigenvalue weighted by Crippen LogP contribution is -2.41. The summed E-state index contributed by atoms with van der Waals surface area (Å²) >= 11 is 6.44. The Morgan fingerprint density at radius 1 is 0.659 bits per heavy atom. The van der Waals surface area contributed by atoms with Crippen LogP contribution in [-0.2, 0) is 80.2 Å². The van der Waals surface area contributed by atoms with Gasteiger partial charge < -0.3 is 91.0 Å². The Kier molecular flexibility index (Phi) is 47.4. The highest BCUT2D eigenvalue weighted by Gasteiger charge is 2.47. The Hall–Kier alpha value is -1.51. The van der Waals surface area contributed by atoms with Crippen LogP contribution in [0.4, 0.5) is 0 Å². The summed E-state index contributed by atoms with van der Waals surface area (Å²) in [4.78, 5) is 26.4. The minimum atomic E-state index is -1.74. The standard InChI is InChI=1S/C15H26BNO6.C14H25BNO5P.2C10H19BO4.C9H18ClN2P/c1-5-10-13(23-12(19)7-6-11(18)17-3)14(15(16)22-10)21-9(2)8-20-4;1-6-11-12(21-22(5)18-8-7-16-3)13(14(15)20-11)19-10(2)9-17-4;2*1-4-7-8(12)9(10(11)15-7)14-6(2)5-13-3;1-8(2)12-13(10,9(3)4)7-5-6-11/h9-10,13-15H,5-8H2,1-4H3,(H,17,18);10-14H,6-9H2,1-2,4-5H3;2*6-10,12H,4-5H2,1-3H3;8-9H,5,7H2,1-4H3/t9?,10-,13?,14+,15-;10?,11-,12?,13+,14-,22?;2*6?,7-,8?,9+,10-;/m1111./s1. The fraction of sp³-hybridized carbons (Fsp3) is 0.931. The van der Waals surface area contributed by atoms with Gasteiger partial charge in [0, 0.05) is 96.9 Å². The number of hydrogen-bond donors (Lipinski definition) is 3. The lowest BCUT2D eigenvalue weighted by Gasteiger charge is -2.28. The molecule has 22 atom stereocenters. The normalized spacial score (nSPS) is 30.4. The van der Waals surface area contributed by atoms with Crippen molar-refractivity contribution in [2.24, 2.45) is 4.74 Å². The number of nitriles is 1. The molecule has 0 saturated carbocycles. The van der Waals surface area contributed by atoms with Crippen molar-refractivity contribution in [2.75, 3.05) is 87.9 Å². The third-order valence-electron chi connectivity index (χ3n) is 13.8. The van der Waals surface area contributed by atoms with Crippen molar-refractivity contribution in [2.45, 2.75) is 261 Å². The highest BCUT2D eigenvalue weighted by Crippen LogP contribution is 2.60. The summed E-state index contributed by atoms with van der Waals surface area (Å²) in [7, 11) is 30.3. The van der Waals surface area contributed by atoms with Crippen molar-refractivity contribution >= 4 is 69.3 Å².